The van der Waals surface area contributed by atoms with Crippen LogP contribution in [0.4, 0.5) is 11.4 Å². The largest absolute Gasteiger partial charge is 0.479 e. The van der Waals surface area contributed by atoms with Crippen molar-refractivity contribution in [2.24, 2.45) is 0 Å². The summed E-state index contributed by atoms with van der Waals surface area (Å²) in [6.07, 6.45) is 5.14. The highest BCUT2D eigenvalue weighted by atomic mass is 16.6. The van der Waals surface area contributed by atoms with Crippen LogP contribution in [0.25, 0.3) is 0 Å². The lowest BCUT2D eigenvalue weighted by Crippen LogP contribution is -2.13. The van der Waals surface area contributed by atoms with Gasteiger partial charge in [-0.25, -0.2) is 0 Å². The molecule has 0 aliphatic rings. The van der Waals surface area contributed by atoms with Crippen LogP contribution in [0.15, 0.2) is 48.5 Å². The molecule has 0 bridgehead atoms. The van der Waals surface area contributed by atoms with Crippen LogP contribution in [0, 0.1) is 22.5 Å². The molecule has 0 aliphatic heterocycles. The molecular formula is C16H12N2O4. The number of rotatable bonds is 5. The van der Waals surface area contributed by atoms with E-state index in [1.165, 1.54) is 24.3 Å². The summed E-state index contributed by atoms with van der Waals surface area (Å²) in [4.78, 5) is 22.4. The van der Waals surface area contributed by atoms with Crippen molar-refractivity contribution in [2.75, 3.05) is 11.9 Å². The Hall–Kier alpha value is -3.33. The lowest BCUT2D eigenvalue weighted by Gasteiger charge is -2.10. The van der Waals surface area contributed by atoms with Gasteiger partial charge < -0.3 is 10.1 Å². The number of hydrogen-bond acceptors (Lipinski definition) is 4. The van der Waals surface area contributed by atoms with Crippen LogP contribution in [0.1, 0.15) is 10.4 Å². The van der Waals surface area contributed by atoms with Crippen molar-refractivity contribution in [1.82, 2.24) is 0 Å². The van der Waals surface area contributed by atoms with Crippen LogP contribution in [0.3, 0.4) is 0 Å². The van der Waals surface area contributed by atoms with Gasteiger partial charge in [-0.05, 0) is 18.2 Å². The van der Waals surface area contributed by atoms with Gasteiger partial charge in [-0.3, -0.25) is 14.9 Å². The van der Waals surface area contributed by atoms with E-state index in [2.05, 4.69) is 11.2 Å². The number of nitro benzene ring substituents is 1. The van der Waals surface area contributed by atoms with E-state index >= 15 is 0 Å². The Labute approximate surface area is 126 Å². The van der Waals surface area contributed by atoms with E-state index < -0.39 is 10.8 Å². The first-order chi connectivity index (χ1) is 10.6. The van der Waals surface area contributed by atoms with Gasteiger partial charge in [-0.2, -0.15) is 0 Å². The molecule has 6 nitrogen and oxygen atoms in total. The second-order valence-electron chi connectivity index (χ2n) is 4.25. The summed E-state index contributed by atoms with van der Waals surface area (Å²) in [6.45, 7) is 0.0731. The number of amides is 1. The first kappa shape index (κ1) is 15.1. The van der Waals surface area contributed by atoms with Crippen molar-refractivity contribution in [2.45, 2.75) is 0 Å². The highest BCUT2D eigenvalue weighted by Crippen LogP contribution is 2.24. The summed E-state index contributed by atoms with van der Waals surface area (Å²) in [5, 5.41) is 13.4. The highest BCUT2D eigenvalue weighted by molar-refractivity contribution is 6.05. The zero-order valence-corrected chi connectivity index (χ0v) is 11.5. The number of nitrogens with one attached hydrogen (secondary N) is 1. The maximum atomic E-state index is 12.2. The van der Waals surface area contributed by atoms with E-state index in [0.717, 1.165) is 0 Å². The molecular weight excluding hydrogens is 284 g/mol. The number of carbonyl (C=O) groups excluding carboxylic acids is 1. The van der Waals surface area contributed by atoms with E-state index in [-0.39, 0.29) is 17.9 Å². The van der Waals surface area contributed by atoms with Gasteiger partial charge in [0, 0.05) is 17.7 Å². The Morgan fingerprint density at radius 1 is 1.27 bits per heavy atom. The molecule has 0 saturated heterocycles. The van der Waals surface area contributed by atoms with Gasteiger partial charge in [-0.1, -0.05) is 24.1 Å². The van der Waals surface area contributed by atoms with Gasteiger partial charge in [0.25, 0.3) is 11.6 Å². The van der Waals surface area contributed by atoms with Crippen LogP contribution in [-0.2, 0) is 0 Å². The van der Waals surface area contributed by atoms with Gasteiger partial charge in [-0.15, -0.1) is 6.42 Å². The first-order valence-corrected chi connectivity index (χ1v) is 6.33. The van der Waals surface area contributed by atoms with Gasteiger partial charge in [0.15, 0.2) is 0 Å². The SMILES string of the molecule is C#CCOc1ccccc1NC(=O)c1cccc([N+](=O)[O-])c1. The van der Waals surface area contributed by atoms with Crippen LogP contribution in [-0.4, -0.2) is 17.4 Å². The number of hydrogen-bond donors (Lipinski definition) is 1. The van der Waals surface area contributed by atoms with E-state index in [1.54, 1.807) is 24.3 Å². The Morgan fingerprint density at radius 3 is 2.77 bits per heavy atom. The number of nitrogens with zero attached hydrogens (tertiary/aromatic N) is 1. The molecule has 2 rings (SSSR count). The quantitative estimate of drug-likeness (QED) is 0.522. The van der Waals surface area contributed by atoms with Gasteiger partial charge in [0.1, 0.15) is 12.4 Å². The second-order valence-corrected chi connectivity index (χ2v) is 4.25. The fourth-order valence-electron chi connectivity index (χ4n) is 1.77. The maximum Gasteiger partial charge on any atom is 0.270 e. The minimum atomic E-state index is -0.555. The smallest absolute Gasteiger partial charge is 0.270 e. The molecule has 0 atom stereocenters. The fraction of sp³-hybridized carbons (Fsp3) is 0.0625. The van der Waals surface area contributed by atoms with E-state index in [4.69, 9.17) is 11.2 Å². The third-order valence-corrected chi connectivity index (χ3v) is 2.77. The fourth-order valence-corrected chi connectivity index (χ4v) is 1.77. The van der Waals surface area contributed by atoms with E-state index in [1.807, 2.05) is 0 Å². The normalized spacial score (nSPS) is 9.59. The number of ether oxygens (including phenoxy) is 1. The lowest BCUT2D eigenvalue weighted by molar-refractivity contribution is -0.384. The molecule has 0 fully saturated rings. The molecule has 2 aromatic carbocycles. The molecule has 1 N–H and O–H groups in total. The van der Waals surface area contributed by atoms with Gasteiger partial charge in [0.05, 0.1) is 10.6 Å². The molecule has 0 unspecified atom stereocenters. The minimum absolute atomic E-state index is 0.0731. The minimum Gasteiger partial charge on any atom is -0.479 e. The number of nitro groups is 1. The second kappa shape index (κ2) is 6.90. The lowest BCUT2D eigenvalue weighted by atomic mass is 10.2. The monoisotopic (exact) mass is 296 g/mol. The molecule has 22 heavy (non-hydrogen) atoms. The van der Waals surface area contributed by atoms with Crippen LogP contribution < -0.4 is 10.1 Å². The summed E-state index contributed by atoms with van der Waals surface area (Å²) in [5.41, 5.74) is 0.472. The standard InChI is InChI=1S/C16H12N2O4/c1-2-10-22-15-9-4-3-8-14(15)17-16(19)12-6-5-7-13(11-12)18(20)21/h1,3-9,11H,10H2,(H,17,19). The summed E-state index contributed by atoms with van der Waals surface area (Å²) >= 11 is 0. The predicted octanol–water partition coefficient (Wildman–Crippen LogP) is 2.86. The number of non-ortho nitro benzene ring substituents is 1. The molecule has 0 aliphatic carbocycles. The van der Waals surface area contributed by atoms with Crippen molar-refractivity contribution < 1.29 is 14.5 Å². The third kappa shape index (κ3) is 3.61. The highest BCUT2D eigenvalue weighted by Gasteiger charge is 2.13. The summed E-state index contributed by atoms with van der Waals surface area (Å²) in [5.74, 6) is 2.30. The van der Waals surface area contributed by atoms with Crippen LogP contribution >= 0.6 is 0 Å². The van der Waals surface area contributed by atoms with Crippen molar-refractivity contribution in [3.8, 4) is 18.1 Å². The maximum absolute atomic E-state index is 12.2. The Kier molecular flexibility index (Phi) is 4.73. The molecule has 2 aromatic rings. The average Bonchev–Trinajstić information content (AvgIpc) is 2.54. The van der Waals surface area contributed by atoms with E-state index in [0.29, 0.717) is 11.4 Å². The topological polar surface area (TPSA) is 81.5 Å². The van der Waals surface area contributed by atoms with Crippen molar-refractivity contribution in [1.29, 1.82) is 0 Å². The van der Waals surface area contributed by atoms with Crippen LogP contribution in [0.5, 0.6) is 5.75 Å². The van der Waals surface area contributed by atoms with E-state index in [9.17, 15) is 14.9 Å². The summed E-state index contributed by atoms with van der Waals surface area (Å²) < 4.78 is 5.33. The molecule has 1 amide bonds. The molecule has 0 aromatic heterocycles. The molecule has 0 heterocycles. The third-order valence-electron chi connectivity index (χ3n) is 2.77. The van der Waals surface area contributed by atoms with Crippen molar-refractivity contribution in [3.05, 3.63) is 64.2 Å². The van der Waals surface area contributed by atoms with Gasteiger partial charge >= 0.3 is 0 Å². The van der Waals surface area contributed by atoms with Gasteiger partial charge in [0.2, 0.25) is 0 Å². The molecule has 110 valence electrons. The molecule has 0 spiro atoms. The average molecular weight is 296 g/mol. The molecule has 6 heteroatoms. The van der Waals surface area contributed by atoms with Crippen molar-refractivity contribution in [3.63, 3.8) is 0 Å². The number of benzene rings is 2. The number of terminal acetylenes is 1. The first-order valence-electron chi connectivity index (χ1n) is 6.33. The predicted molar refractivity (Wildman–Crippen MR) is 81.8 cm³/mol. The Balaban J connectivity index is 2.21. The summed E-state index contributed by atoms with van der Waals surface area (Å²) in [7, 11) is 0. The van der Waals surface area contributed by atoms with Crippen LogP contribution in [0.2, 0.25) is 0 Å². The summed E-state index contributed by atoms with van der Waals surface area (Å²) in [6, 6.07) is 12.3. The number of para-hydroxylation sites is 2. The zero-order chi connectivity index (χ0) is 15.9. The molecule has 0 saturated carbocycles. The number of anilines is 1. The van der Waals surface area contributed by atoms with Crippen molar-refractivity contribution >= 4 is 17.3 Å². The number of carbonyl (C=O) groups is 1. The Morgan fingerprint density at radius 2 is 2.05 bits per heavy atom. The Bertz CT molecular complexity index is 750. The zero-order valence-electron chi connectivity index (χ0n) is 11.5. The molecule has 0 radical (unpaired) electrons.